The number of unbranched alkanes of at least 4 members (excludes halogenated alkanes) is 29. The van der Waals surface area contributed by atoms with Crippen LogP contribution in [0.3, 0.4) is 0 Å². The highest BCUT2D eigenvalue weighted by Gasteiger charge is 2.19. The average molecular weight is 1030 g/mol. The van der Waals surface area contributed by atoms with Gasteiger partial charge in [-0.25, -0.2) is 0 Å². The Morgan fingerprint density at radius 2 is 0.527 bits per heavy atom. The molecule has 1 atom stereocenters. The van der Waals surface area contributed by atoms with E-state index in [4.69, 9.17) is 14.2 Å². The normalized spacial score (nSPS) is 12.7. The number of rotatable bonds is 56. The Balaban J connectivity index is 4.38. The number of hydrogen-bond acceptors (Lipinski definition) is 6. The van der Waals surface area contributed by atoms with Crippen molar-refractivity contribution >= 4 is 17.9 Å². The van der Waals surface area contributed by atoms with E-state index in [1.807, 2.05) is 0 Å². The topological polar surface area (TPSA) is 78.9 Å². The third kappa shape index (κ3) is 59.2. The Labute approximate surface area is 457 Å². The molecule has 0 aromatic carbocycles. The Morgan fingerprint density at radius 1 is 0.284 bits per heavy atom. The third-order valence-electron chi connectivity index (χ3n) is 13.3. The van der Waals surface area contributed by atoms with Crippen molar-refractivity contribution in [2.45, 2.75) is 303 Å². The van der Waals surface area contributed by atoms with Crippen LogP contribution in [0.2, 0.25) is 0 Å². The van der Waals surface area contributed by atoms with E-state index in [1.54, 1.807) is 0 Å². The Kier molecular flexibility index (Phi) is 58.8. The van der Waals surface area contributed by atoms with Crippen LogP contribution in [0.15, 0.2) is 97.2 Å². The molecule has 1 unspecified atom stereocenters. The van der Waals surface area contributed by atoms with Crippen LogP contribution in [0.5, 0.6) is 0 Å². The van der Waals surface area contributed by atoms with Crippen molar-refractivity contribution < 1.29 is 28.6 Å². The molecule has 0 rings (SSSR count). The summed E-state index contributed by atoms with van der Waals surface area (Å²) >= 11 is 0. The molecule has 0 amide bonds. The molecule has 0 spiro atoms. The Bertz CT molecular complexity index is 1460. The molecule has 0 saturated heterocycles. The van der Waals surface area contributed by atoms with Crippen LogP contribution in [-0.2, 0) is 28.6 Å². The number of hydrogen-bond donors (Lipinski definition) is 0. The van der Waals surface area contributed by atoms with Gasteiger partial charge in [-0.1, -0.05) is 272 Å². The summed E-state index contributed by atoms with van der Waals surface area (Å²) in [6.45, 7) is 6.51. The number of allylic oxidation sites excluding steroid dienone is 16. The van der Waals surface area contributed by atoms with Gasteiger partial charge < -0.3 is 14.2 Å². The van der Waals surface area contributed by atoms with Crippen LogP contribution in [0, 0.1) is 0 Å². The predicted octanol–water partition coefficient (Wildman–Crippen LogP) is 21.3. The fraction of sp³-hybridized carbons (Fsp3) is 0.721. The van der Waals surface area contributed by atoms with Crippen LogP contribution in [-0.4, -0.2) is 37.2 Å². The molecule has 0 radical (unpaired) electrons. The van der Waals surface area contributed by atoms with Crippen molar-refractivity contribution in [2.24, 2.45) is 0 Å². The van der Waals surface area contributed by atoms with Crippen LogP contribution in [0.4, 0.5) is 0 Å². The van der Waals surface area contributed by atoms with Crippen molar-refractivity contribution in [3.8, 4) is 0 Å². The first-order valence-corrected chi connectivity index (χ1v) is 31.2. The van der Waals surface area contributed by atoms with Crippen molar-refractivity contribution in [2.75, 3.05) is 13.2 Å². The van der Waals surface area contributed by atoms with Crippen LogP contribution in [0.25, 0.3) is 0 Å². The van der Waals surface area contributed by atoms with E-state index in [2.05, 4.69) is 118 Å². The minimum absolute atomic E-state index is 0.0863. The van der Waals surface area contributed by atoms with E-state index in [0.29, 0.717) is 19.3 Å². The number of carbonyl (C=O) groups excluding carboxylic acids is 3. The molecule has 0 aliphatic carbocycles. The lowest BCUT2D eigenvalue weighted by Crippen LogP contribution is -2.30. The minimum Gasteiger partial charge on any atom is -0.462 e. The van der Waals surface area contributed by atoms with Crippen molar-refractivity contribution in [1.29, 1.82) is 0 Å². The summed E-state index contributed by atoms with van der Waals surface area (Å²) in [6, 6.07) is 0. The summed E-state index contributed by atoms with van der Waals surface area (Å²) in [5, 5.41) is 0. The Morgan fingerprint density at radius 3 is 0.824 bits per heavy atom. The molecule has 6 heteroatoms. The Hall–Kier alpha value is -3.67. The van der Waals surface area contributed by atoms with Gasteiger partial charge in [0.2, 0.25) is 0 Å². The van der Waals surface area contributed by atoms with Gasteiger partial charge in [0, 0.05) is 19.3 Å². The summed E-state index contributed by atoms with van der Waals surface area (Å²) in [7, 11) is 0. The second-order valence-electron chi connectivity index (χ2n) is 20.6. The molecule has 0 bridgehead atoms. The number of esters is 3. The van der Waals surface area contributed by atoms with Gasteiger partial charge in [0.15, 0.2) is 6.10 Å². The summed E-state index contributed by atoms with van der Waals surface area (Å²) < 4.78 is 16.9. The third-order valence-corrected chi connectivity index (χ3v) is 13.3. The molecule has 0 heterocycles. The van der Waals surface area contributed by atoms with Crippen LogP contribution >= 0.6 is 0 Å². The lowest BCUT2D eigenvalue weighted by molar-refractivity contribution is -0.167. The number of ether oxygens (including phenoxy) is 3. The van der Waals surface area contributed by atoms with E-state index < -0.39 is 6.10 Å². The molecule has 0 aliphatic heterocycles. The molecule has 6 nitrogen and oxygen atoms in total. The quantitative estimate of drug-likeness (QED) is 0.0261. The van der Waals surface area contributed by atoms with Gasteiger partial charge in [-0.05, 0) is 103 Å². The fourth-order valence-corrected chi connectivity index (χ4v) is 8.65. The molecule has 0 saturated carbocycles. The molecular weight excluding hydrogens is 913 g/mol. The van der Waals surface area contributed by atoms with Gasteiger partial charge in [-0.3, -0.25) is 14.4 Å². The van der Waals surface area contributed by atoms with E-state index in [1.165, 1.54) is 128 Å². The lowest BCUT2D eigenvalue weighted by Gasteiger charge is -2.18. The second-order valence-corrected chi connectivity index (χ2v) is 20.6. The van der Waals surface area contributed by atoms with Crippen LogP contribution < -0.4 is 0 Å². The van der Waals surface area contributed by atoms with Gasteiger partial charge >= 0.3 is 17.9 Å². The molecular formula is C68H116O6. The highest BCUT2D eigenvalue weighted by molar-refractivity contribution is 5.71. The van der Waals surface area contributed by atoms with Gasteiger partial charge in [-0.2, -0.15) is 0 Å². The molecule has 0 aromatic heterocycles. The predicted molar refractivity (Wildman–Crippen MR) is 320 cm³/mol. The van der Waals surface area contributed by atoms with Gasteiger partial charge in [0.05, 0.1) is 0 Å². The summed E-state index contributed by atoms with van der Waals surface area (Å²) in [6.07, 6.45) is 82.6. The van der Waals surface area contributed by atoms with Gasteiger partial charge in [0.1, 0.15) is 13.2 Å². The molecule has 0 aromatic rings. The zero-order valence-corrected chi connectivity index (χ0v) is 48.6. The summed E-state index contributed by atoms with van der Waals surface area (Å²) in [5.74, 6) is -0.905. The first kappa shape index (κ1) is 70.3. The maximum absolute atomic E-state index is 12.9. The summed E-state index contributed by atoms with van der Waals surface area (Å²) in [4.78, 5) is 38.3. The fourth-order valence-electron chi connectivity index (χ4n) is 8.65. The highest BCUT2D eigenvalue weighted by atomic mass is 16.6. The minimum atomic E-state index is -0.791. The zero-order chi connectivity index (χ0) is 53.6. The SMILES string of the molecule is CC/C=C\C/C=C\C/C=C\C/C=C\C/C=C\CCCCCCCC(=O)OC(COC(=O)CCCCCCCCCC/C=C\C/C=C\C/C=C\CCCCCCC)COC(=O)CCCCCCCCCCCCCC. The smallest absolute Gasteiger partial charge is 0.306 e. The first-order valence-electron chi connectivity index (χ1n) is 31.2. The second kappa shape index (κ2) is 61.9. The van der Waals surface area contributed by atoms with Gasteiger partial charge in [0.25, 0.3) is 0 Å². The van der Waals surface area contributed by atoms with E-state index in [-0.39, 0.29) is 31.1 Å². The maximum atomic E-state index is 12.9. The maximum Gasteiger partial charge on any atom is 0.306 e. The first-order chi connectivity index (χ1) is 36.5. The van der Waals surface area contributed by atoms with Gasteiger partial charge in [-0.15, -0.1) is 0 Å². The lowest BCUT2D eigenvalue weighted by atomic mass is 10.0. The largest absolute Gasteiger partial charge is 0.462 e. The standard InChI is InChI=1S/C68H116O6/c1-4-7-10-13-16-19-22-25-27-29-31-33-34-36-37-39-41-43-46-49-52-55-58-61-67(70)73-64-65(63-72-66(69)60-57-54-51-48-45-24-21-18-15-12-9-6-3)74-68(71)62-59-56-53-50-47-44-42-40-38-35-32-30-28-26-23-20-17-14-11-8-5-2/h8,11,17,20,22,25-26,28-29,31-32,34-36,40,42,65H,4-7,9-10,12-16,18-19,21,23-24,27,30,33,37-39,41,43-64H2,1-3H3/b11-8-,20-17-,25-22-,28-26-,31-29-,35-32-,36-34-,42-40-. The monoisotopic (exact) mass is 1030 g/mol. The highest BCUT2D eigenvalue weighted by Crippen LogP contribution is 2.15. The molecule has 424 valence electrons. The van der Waals surface area contributed by atoms with Crippen LogP contribution in [0.1, 0.15) is 297 Å². The van der Waals surface area contributed by atoms with Crippen molar-refractivity contribution in [3.05, 3.63) is 97.2 Å². The number of carbonyl (C=O) groups is 3. The molecule has 0 aliphatic rings. The molecule has 74 heavy (non-hydrogen) atoms. The van der Waals surface area contributed by atoms with E-state index in [9.17, 15) is 14.4 Å². The van der Waals surface area contributed by atoms with E-state index >= 15 is 0 Å². The zero-order valence-electron chi connectivity index (χ0n) is 48.6. The molecule has 0 N–H and O–H groups in total. The average Bonchev–Trinajstić information content (AvgIpc) is 3.40. The van der Waals surface area contributed by atoms with Crippen molar-refractivity contribution in [1.82, 2.24) is 0 Å². The summed E-state index contributed by atoms with van der Waals surface area (Å²) in [5.41, 5.74) is 0. The molecule has 0 fully saturated rings. The van der Waals surface area contributed by atoms with Crippen molar-refractivity contribution in [3.63, 3.8) is 0 Å². The van der Waals surface area contributed by atoms with E-state index in [0.717, 1.165) is 128 Å².